The lowest BCUT2D eigenvalue weighted by Gasteiger charge is -2.34. The summed E-state index contributed by atoms with van der Waals surface area (Å²) >= 11 is 6.09. The summed E-state index contributed by atoms with van der Waals surface area (Å²) in [5.41, 5.74) is 0.609. The van der Waals surface area contributed by atoms with Gasteiger partial charge in [0.1, 0.15) is 12.9 Å². The third-order valence-corrected chi connectivity index (χ3v) is 5.56. The summed E-state index contributed by atoms with van der Waals surface area (Å²) in [4.78, 5) is 35.3. The number of aldehydes is 1. The molecule has 7 nitrogen and oxygen atoms in total. The van der Waals surface area contributed by atoms with Crippen LogP contribution in [0.4, 0.5) is 5.69 Å². The van der Waals surface area contributed by atoms with Gasteiger partial charge in [0, 0.05) is 11.1 Å². The average molecular weight is 446 g/mol. The summed E-state index contributed by atoms with van der Waals surface area (Å²) in [5, 5.41) is 12.2. The molecule has 31 heavy (non-hydrogen) atoms. The summed E-state index contributed by atoms with van der Waals surface area (Å²) < 4.78 is 10.9. The van der Waals surface area contributed by atoms with E-state index in [1.807, 2.05) is 26.0 Å². The number of nitro benzene ring substituents is 1. The smallest absolute Gasteiger partial charge is 0.338 e. The molecule has 0 spiro atoms. The minimum absolute atomic E-state index is 0.00674. The summed E-state index contributed by atoms with van der Waals surface area (Å²) in [6.07, 6.45) is 3.00. The number of rotatable bonds is 8. The van der Waals surface area contributed by atoms with Crippen molar-refractivity contribution in [2.24, 2.45) is 5.92 Å². The van der Waals surface area contributed by atoms with Crippen molar-refractivity contribution in [2.45, 2.75) is 38.5 Å². The Balaban J connectivity index is 1.85. The van der Waals surface area contributed by atoms with Crippen LogP contribution in [0.2, 0.25) is 5.02 Å². The minimum atomic E-state index is -0.916. The van der Waals surface area contributed by atoms with E-state index in [4.69, 9.17) is 21.1 Å². The highest BCUT2D eigenvalue weighted by Gasteiger charge is 2.38. The molecule has 0 fully saturated rings. The molecule has 3 rings (SSSR count). The fourth-order valence-corrected chi connectivity index (χ4v) is 3.93. The zero-order chi connectivity index (χ0) is 22.6. The van der Waals surface area contributed by atoms with Gasteiger partial charge in [-0.1, -0.05) is 31.5 Å². The molecule has 0 N–H and O–H groups in total. The number of carbonyl (C=O) groups excluding carboxylic acids is 2. The Labute approximate surface area is 185 Å². The van der Waals surface area contributed by atoms with Gasteiger partial charge in [0.05, 0.1) is 22.5 Å². The van der Waals surface area contributed by atoms with Crippen molar-refractivity contribution < 1.29 is 24.0 Å². The van der Waals surface area contributed by atoms with Crippen LogP contribution in [0.25, 0.3) is 0 Å². The first kappa shape index (κ1) is 22.7. The van der Waals surface area contributed by atoms with Crippen LogP contribution in [0.5, 0.6) is 5.75 Å². The highest BCUT2D eigenvalue weighted by molar-refractivity contribution is 6.30. The molecule has 0 saturated carbocycles. The zero-order valence-electron chi connectivity index (χ0n) is 17.4. The van der Waals surface area contributed by atoms with E-state index >= 15 is 0 Å². The molecule has 2 aromatic carbocycles. The maximum Gasteiger partial charge on any atom is 0.338 e. The number of aryl methyl sites for hydroxylation is 1. The van der Waals surface area contributed by atoms with E-state index in [1.54, 1.807) is 6.07 Å². The molecule has 1 aliphatic carbocycles. The van der Waals surface area contributed by atoms with Gasteiger partial charge in [-0.25, -0.2) is 4.79 Å². The van der Waals surface area contributed by atoms with Gasteiger partial charge in [-0.15, -0.1) is 0 Å². The molecule has 0 heterocycles. The average Bonchev–Trinajstić information content (AvgIpc) is 2.75. The number of halogens is 1. The normalized spacial score (nSPS) is 17.7. The zero-order valence-corrected chi connectivity index (χ0v) is 18.2. The second-order valence-electron chi connectivity index (χ2n) is 8.15. The molecule has 0 bridgehead atoms. The lowest BCUT2D eigenvalue weighted by Crippen LogP contribution is -2.38. The largest absolute Gasteiger partial charge is 0.485 e. The SMILES string of the molecule is CC(C)COC(=O)c1ccc(OC[C@@]2(C=O)CCCc3cc(Cl)ccc32)c([N+](=O)[O-])c1. The molecule has 0 unspecified atom stereocenters. The third-order valence-electron chi connectivity index (χ3n) is 5.32. The fourth-order valence-electron chi connectivity index (χ4n) is 3.73. The first-order chi connectivity index (χ1) is 14.8. The van der Waals surface area contributed by atoms with E-state index in [0.717, 1.165) is 36.3 Å². The Hall–Kier alpha value is -2.93. The van der Waals surface area contributed by atoms with Gasteiger partial charge in [-0.3, -0.25) is 10.1 Å². The highest BCUT2D eigenvalue weighted by atomic mass is 35.5. The topological polar surface area (TPSA) is 95.7 Å². The van der Waals surface area contributed by atoms with Crippen LogP contribution in [-0.2, 0) is 21.4 Å². The number of hydrogen-bond donors (Lipinski definition) is 0. The Kier molecular flexibility index (Phi) is 6.95. The maximum atomic E-state index is 12.2. The lowest BCUT2D eigenvalue weighted by atomic mass is 9.71. The Bertz CT molecular complexity index is 1010. The fraction of sp³-hybridized carbons (Fsp3) is 0.391. The maximum absolute atomic E-state index is 12.2. The van der Waals surface area contributed by atoms with Crippen LogP contribution in [0.3, 0.4) is 0 Å². The Morgan fingerprint density at radius 2 is 2.06 bits per heavy atom. The van der Waals surface area contributed by atoms with E-state index in [9.17, 15) is 19.7 Å². The van der Waals surface area contributed by atoms with Gasteiger partial charge in [0.15, 0.2) is 5.75 Å². The van der Waals surface area contributed by atoms with Gasteiger partial charge >= 0.3 is 11.7 Å². The summed E-state index contributed by atoms with van der Waals surface area (Å²) in [5.74, 6) is -0.493. The van der Waals surface area contributed by atoms with Crippen molar-refractivity contribution in [1.29, 1.82) is 0 Å². The molecule has 0 radical (unpaired) electrons. The quantitative estimate of drug-likeness (QED) is 0.248. The molecule has 1 aliphatic rings. The second kappa shape index (κ2) is 9.47. The predicted molar refractivity (Wildman–Crippen MR) is 116 cm³/mol. The Morgan fingerprint density at radius 3 is 2.74 bits per heavy atom. The lowest BCUT2D eigenvalue weighted by molar-refractivity contribution is -0.385. The number of esters is 1. The first-order valence-electron chi connectivity index (χ1n) is 10.1. The molecular weight excluding hydrogens is 422 g/mol. The van der Waals surface area contributed by atoms with E-state index in [-0.39, 0.29) is 36.1 Å². The first-order valence-corrected chi connectivity index (χ1v) is 10.5. The van der Waals surface area contributed by atoms with Crippen LogP contribution in [-0.4, -0.2) is 30.4 Å². The molecule has 0 aliphatic heterocycles. The minimum Gasteiger partial charge on any atom is -0.485 e. The number of ether oxygens (including phenoxy) is 2. The predicted octanol–water partition coefficient (Wildman–Crippen LogP) is 4.91. The van der Waals surface area contributed by atoms with Crippen molar-refractivity contribution in [3.05, 3.63) is 68.2 Å². The van der Waals surface area contributed by atoms with Crippen LogP contribution < -0.4 is 4.74 Å². The van der Waals surface area contributed by atoms with E-state index in [2.05, 4.69) is 0 Å². The number of nitro groups is 1. The Morgan fingerprint density at radius 1 is 1.29 bits per heavy atom. The van der Waals surface area contributed by atoms with Crippen molar-refractivity contribution >= 4 is 29.5 Å². The van der Waals surface area contributed by atoms with E-state index in [1.165, 1.54) is 12.1 Å². The van der Waals surface area contributed by atoms with Crippen LogP contribution in [0, 0.1) is 16.0 Å². The van der Waals surface area contributed by atoms with Gasteiger partial charge in [0.2, 0.25) is 0 Å². The number of benzene rings is 2. The van der Waals surface area contributed by atoms with Crippen molar-refractivity contribution in [3.8, 4) is 5.75 Å². The number of carbonyl (C=O) groups is 2. The van der Waals surface area contributed by atoms with Gasteiger partial charge in [-0.2, -0.15) is 0 Å². The third kappa shape index (κ3) is 5.05. The van der Waals surface area contributed by atoms with Gasteiger partial charge < -0.3 is 14.3 Å². The van der Waals surface area contributed by atoms with Crippen LogP contribution >= 0.6 is 11.6 Å². The summed E-state index contributed by atoms with van der Waals surface area (Å²) in [6.45, 7) is 3.96. The van der Waals surface area contributed by atoms with Crippen molar-refractivity contribution in [2.75, 3.05) is 13.2 Å². The molecule has 0 amide bonds. The second-order valence-corrected chi connectivity index (χ2v) is 8.59. The number of fused-ring (bicyclic) bond motifs is 1. The summed E-state index contributed by atoms with van der Waals surface area (Å²) in [6, 6.07) is 9.32. The monoisotopic (exact) mass is 445 g/mol. The van der Waals surface area contributed by atoms with Crippen LogP contribution in [0.15, 0.2) is 36.4 Å². The molecule has 8 heteroatoms. The molecule has 0 saturated heterocycles. The summed E-state index contributed by atoms with van der Waals surface area (Å²) in [7, 11) is 0. The molecular formula is C23H24ClNO6. The molecule has 2 aromatic rings. The van der Waals surface area contributed by atoms with E-state index < -0.39 is 16.3 Å². The standard InChI is InChI=1S/C23H24ClNO6/c1-15(2)12-30-22(27)17-5-8-21(20(11-17)25(28)29)31-14-23(13-26)9-3-4-16-10-18(24)6-7-19(16)23/h5-8,10-11,13,15H,3-4,9,12,14H2,1-2H3/t23-/m0/s1. The molecule has 0 aromatic heterocycles. The molecule has 164 valence electrons. The van der Waals surface area contributed by atoms with Gasteiger partial charge in [-0.05, 0) is 60.6 Å². The van der Waals surface area contributed by atoms with Crippen LogP contribution in [0.1, 0.15) is 48.2 Å². The van der Waals surface area contributed by atoms with Crippen molar-refractivity contribution in [1.82, 2.24) is 0 Å². The van der Waals surface area contributed by atoms with Crippen molar-refractivity contribution in [3.63, 3.8) is 0 Å². The van der Waals surface area contributed by atoms with E-state index in [0.29, 0.717) is 11.4 Å². The highest BCUT2D eigenvalue weighted by Crippen LogP contribution is 2.39. The number of hydrogen-bond acceptors (Lipinski definition) is 6. The number of nitrogens with zero attached hydrogens (tertiary/aromatic N) is 1. The van der Waals surface area contributed by atoms with Gasteiger partial charge in [0.25, 0.3) is 0 Å². The molecule has 1 atom stereocenters.